The van der Waals surface area contributed by atoms with Crippen LogP contribution in [0.2, 0.25) is 5.02 Å². The van der Waals surface area contributed by atoms with Gasteiger partial charge in [-0.05, 0) is 38.8 Å². The molecule has 2 heterocycles. The molecule has 0 unspecified atom stereocenters. The van der Waals surface area contributed by atoms with Crippen molar-refractivity contribution >= 4 is 33.4 Å². The molecule has 0 aliphatic carbocycles. The second-order valence-electron chi connectivity index (χ2n) is 7.53. The summed E-state index contributed by atoms with van der Waals surface area (Å²) in [6.07, 6.45) is 1.94. The van der Waals surface area contributed by atoms with E-state index in [2.05, 4.69) is 43.1 Å². The van der Waals surface area contributed by atoms with Crippen LogP contribution < -0.4 is 4.74 Å². The fraction of sp³-hybridized carbons (Fsp3) is 0.227. The van der Waals surface area contributed by atoms with E-state index < -0.39 is 0 Å². The Labute approximate surface area is 157 Å². The van der Waals surface area contributed by atoms with E-state index in [1.807, 2.05) is 24.3 Å². The van der Waals surface area contributed by atoms with Gasteiger partial charge in [-0.15, -0.1) is 0 Å². The van der Waals surface area contributed by atoms with Gasteiger partial charge in [0.1, 0.15) is 17.2 Å². The molecule has 5 rings (SSSR count). The van der Waals surface area contributed by atoms with Crippen LogP contribution in [-0.2, 0) is 6.42 Å². The van der Waals surface area contributed by atoms with Crippen molar-refractivity contribution in [1.82, 2.24) is 9.97 Å². The zero-order chi connectivity index (χ0) is 17.9. The lowest BCUT2D eigenvalue weighted by Gasteiger charge is -2.33. The normalized spacial score (nSPS) is 15.8. The first-order valence-corrected chi connectivity index (χ1v) is 9.28. The van der Waals surface area contributed by atoms with E-state index in [-0.39, 0.29) is 5.60 Å². The summed E-state index contributed by atoms with van der Waals surface area (Å²) in [4.78, 5) is 8.47. The second kappa shape index (κ2) is 5.49. The van der Waals surface area contributed by atoms with Crippen LogP contribution in [-0.4, -0.2) is 15.6 Å². The number of imidazole rings is 1. The number of hydrogen-bond acceptors (Lipinski definition) is 2. The lowest BCUT2D eigenvalue weighted by atomic mass is 9.91. The fourth-order valence-electron chi connectivity index (χ4n) is 3.83. The van der Waals surface area contributed by atoms with E-state index in [9.17, 15) is 0 Å². The Morgan fingerprint density at radius 3 is 2.69 bits per heavy atom. The summed E-state index contributed by atoms with van der Waals surface area (Å²) in [7, 11) is 0. The number of aromatic nitrogens is 2. The minimum absolute atomic E-state index is 0.157. The molecule has 3 aromatic carbocycles. The topological polar surface area (TPSA) is 37.9 Å². The molecule has 0 radical (unpaired) electrons. The quantitative estimate of drug-likeness (QED) is 0.441. The number of H-pyrrole nitrogens is 1. The molecule has 0 spiro atoms. The molecule has 0 amide bonds. The molecule has 4 heteroatoms. The zero-order valence-corrected chi connectivity index (χ0v) is 15.5. The van der Waals surface area contributed by atoms with Crippen LogP contribution >= 0.6 is 11.6 Å². The molecule has 130 valence electrons. The van der Waals surface area contributed by atoms with Gasteiger partial charge in [-0.25, -0.2) is 4.98 Å². The number of nitrogens with zero attached hydrogens (tertiary/aromatic N) is 1. The van der Waals surface area contributed by atoms with Crippen LogP contribution in [0.3, 0.4) is 0 Å². The third-order valence-electron chi connectivity index (χ3n) is 5.16. The maximum absolute atomic E-state index is 6.40. The van der Waals surface area contributed by atoms with E-state index in [0.717, 1.165) is 51.8 Å². The molecule has 0 saturated heterocycles. The lowest BCUT2D eigenvalue weighted by molar-refractivity contribution is 0.0873. The van der Waals surface area contributed by atoms with Crippen molar-refractivity contribution < 1.29 is 4.74 Å². The summed E-state index contributed by atoms with van der Waals surface area (Å²) < 4.78 is 6.40. The molecule has 0 fully saturated rings. The summed E-state index contributed by atoms with van der Waals surface area (Å²) >= 11 is 6.17. The summed E-state index contributed by atoms with van der Waals surface area (Å²) in [5.41, 5.74) is 4.10. The average molecular weight is 363 g/mol. The van der Waals surface area contributed by atoms with Gasteiger partial charge in [0.05, 0.1) is 11.0 Å². The standard InChI is InChI=1S/C22H19ClN2O/c1-22(2)11-10-17-19-18(15-8-3-4-9-16(15)20(17)26-22)24-21(25-19)13-6-5-7-14(23)12-13/h3-9,12H,10-11H2,1-2H3,(H,24,25). The number of fused-ring (bicyclic) bond motifs is 6. The Hall–Kier alpha value is -2.52. The number of halogens is 1. The molecule has 1 aliphatic heterocycles. The highest BCUT2D eigenvalue weighted by Crippen LogP contribution is 2.43. The molecule has 0 atom stereocenters. The van der Waals surface area contributed by atoms with Gasteiger partial charge >= 0.3 is 0 Å². The second-order valence-corrected chi connectivity index (χ2v) is 7.97. The molecule has 3 nitrogen and oxygen atoms in total. The van der Waals surface area contributed by atoms with Crippen LogP contribution in [0.15, 0.2) is 48.5 Å². The Morgan fingerprint density at radius 2 is 1.88 bits per heavy atom. The third-order valence-corrected chi connectivity index (χ3v) is 5.39. The zero-order valence-electron chi connectivity index (χ0n) is 14.8. The molecule has 1 N–H and O–H groups in total. The first-order chi connectivity index (χ1) is 12.5. The molecular formula is C22H19ClN2O. The number of rotatable bonds is 1. The van der Waals surface area contributed by atoms with Crippen LogP contribution in [0.4, 0.5) is 0 Å². The monoisotopic (exact) mass is 362 g/mol. The van der Waals surface area contributed by atoms with Gasteiger partial charge in [-0.1, -0.05) is 48.0 Å². The van der Waals surface area contributed by atoms with Gasteiger partial charge in [0, 0.05) is 26.9 Å². The van der Waals surface area contributed by atoms with E-state index >= 15 is 0 Å². The predicted octanol–water partition coefficient (Wildman–Crippen LogP) is 6.14. The Kier molecular flexibility index (Phi) is 3.32. The SMILES string of the molecule is CC1(C)CCc2c(c3ccccc3c3[nH]c(-c4cccc(Cl)c4)nc23)O1. The average Bonchev–Trinajstić information content (AvgIpc) is 3.07. The first kappa shape index (κ1) is 15.7. The maximum Gasteiger partial charge on any atom is 0.138 e. The highest BCUT2D eigenvalue weighted by molar-refractivity contribution is 6.30. The van der Waals surface area contributed by atoms with Crippen molar-refractivity contribution in [3.63, 3.8) is 0 Å². The van der Waals surface area contributed by atoms with Crippen molar-refractivity contribution in [3.8, 4) is 17.1 Å². The van der Waals surface area contributed by atoms with Gasteiger partial charge in [0.15, 0.2) is 0 Å². The van der Waals surface area contributed by atoms with Crippen molar-refractivity contribution in [2.24, 2.45) is 0 Å². The van der Waals surface area contributed by atoms with Crippen molar-refractivity contribution in [2.45, 2.75) is 32.3 Å². The van der Waals surface area contributed by atoms with Gasteiger partial charge in [0.2, 0.25) is 0 Å². The van der Waals surface area contributed by atoms with E-state index in [0.29, 0.717) is 5.02 Å². The van der Waals surface area contributed by atoms with E-state index in [4.69, 9.17) is 21.3 Å². The minimum atomic E-state index is -0.157. The third kappa shape index (κ3) is 2.38. The van der Waals surface area contributed by atoms with E-state index in [1.54, 1.807) is 0 Å². The maximum atomic E-state index is 6.40. The number of aromatic amines is 1. The predicted molar refractivity (Wildman–Crippen MR) is 107 cm³/mol. The summed E-state index contributed by atoms with van der Waals surface area (Å²) in [5.74, 6) is 1.82. The summed E-state index contributed by atoms with van der Waals surface area (Å²) in [6, 6.07) is 16.2. The number of benzene rings is 3. The summed E-state index contributed by atoms with van der Waals surface area (Å²) in [5, 5.41) is 2.99. The number of nitrogens with one attached hydrogen (secondary N) is 1. The number of hydrogen-bond donors (Lipinski definition) is 1. The Bertz CT molecular complexity index is 1160. The first-order valence-electron chi connectivity index (χ1n) is 8.90. The van der Waals surface area contributed by atoms with Crippen molar-refractivity contribution in [2.75, 3.05) is 0 Å². The molecule has 0 bridgehead atoms. The van der Waals surface area contributed by atoms with Crippen molar-refractivity contribution in [1.29, 1.82) is 0 Å². The molecule has 4 aromatic rings. The molecule has 26 heavy (non-hydrogen) atoms. The number of aryl methyl sites for hydroxylation is 1. The van der Waals surface area contributed by atoms with Crippen LogP contribution in [0.5, 0.6) is 5.75 Å². The molecule has 1 aromatic heterocycles. The molecule has 0 saturated carbocycles. The van der Waals surface area contributed by atoms with Crippen LogP contribution in [0.25, 0.3) is 33.2 Å². The summed E-state index contributed by atoms with van der Waals surface area (Å²) in [6.45, 7) is 4.30. The molecular weight excluding hydrogens is 344 g/mol. The van der Waals surface area contributed by atoms with Gasteiger partial charge in [-0.2, -0.15) is 0 Å². The minimum Gasteiger partial charge on any atom is -0.487 e. The van der Waals surface area contributed by atoms with Gasteiger partial charge in [0.25, 0.3) is 0 Å². The fourth-order valence-corrected chi connectivity index (χ4v) is 4.02. The largest absolute Gasteiger partial charge is 0.487 e. The van der Waals surface area contributed by atoms with Crippen LogP contribution in [0.1, 0.15) is 25.8 Å². The smallest absolute Gasteiger partial charge is 0.138 e. The van der Waals surface area contributed by atoms with Gasteiger partial charge in [-0.3, -0.25) is 0 Å². The lowest BCUT2D eigenvalue weighted by Crippen LogP contribution is -2.32. The van der Waals surface area contributed by atoms with Gasteiger partial charge < -0.3 is 9.72 Å². The number of ether oxygens (including phenoxy) is 1. The van der Waals surface area contributed by atoms with Crippen molar-refractivity contribution in [3.05, 3.63) is 59.1 Å². The Morgan fingerprint density at radius 1 is 1.08 bits per heavy atom. The molecule has 1 aliphatic rings. The Balaban J connectivity index is 1.84. The highest BCUT2D eigenvalue weighted by atomic mass is 35.5. The van der Waals surface area contributed by atoms with Crippen LogP contribution in [0, 0.1) is 0 Å². The highest BCUT2D eigenvalue weighted by Gasteiger charge is 2.30. The van der Waals surface area contributed by atoms with E-state index in [1.165, 1.54) is 5.56 Å².